The summed E-state index contributed by atoms with van der Waals surface area (Å²) < 4.78 is 57.4. The molecular formula is C29H30ClF4N3O4S. The summed E-state index contributed by atoms with van der Waals surface area (Å²) in [4.78, 5) is 28.4. The lowest BCUT2D eigenvalue weighted by atomic mass is 9.86. The Morgan fingerprint density at radius 3 is 2.38 bits per heavy atom. The fourth-order valence-corrected chi connectivity index (χ4v) is 6.28. The summed E-state index contributed by atoms with van der Waals surface area (Å²) in [5, 5.41) is 11.8. The number of carbonyl (C=O) groups is 2. The predicted octanol–water partition coefficient (Wildman–Crippen LogP) is 5.64. The number of piperidine rings is 1. The molecule has 1 fully saturated rings. The van der Waals surface area contributed by atoms with Gasteiger partial charge >= 0.3 is 6.18 Å². The van der Waals surface area contributed by atoms with Crippen LogP contribution in [0, 0.1) is 5.82 Å². The number of halogens is 5. The molecule has 1 aliphatic rings. The Kier molecular flexibility index (Phi) is 10.1. The fourth-order valence-electron chi connectivity index (χ4n) is 4.77. The Balaban J connectivity index is 1.58. The summed E-state index contributed by atoms with van der Waals surface area (Å²) in [6.45, 7) is 0.137. The van der Waals surface area contributed by atoms with Gasteiger partial charge in [0.15, 0.2) is 0 Å². The van der Waals surface area contributed by atoms with Gasteiger partial charge in [0.2, 0.25) is 5.91 Å². The van der Waals surface area contributed by atoms with Crippen LogP contribution >= 0.6 is 22.9 Å². The zero-order valence-corrected chi connectivity index (χ0v) is 24.0. The maximum absolute atomic E-state index is 13.8. The van der Waals surface area contributed by atoms with Gasteiger partial charge in [0.1, 0.15) is 17.1 Å². The number of aliphatic hydroxyl groups is 1. The number of aliphatic hydroxyl groups excluding tert-OH is 1. The highest BCUT2D eigenvalue weighted by Gasteiger charge is 2.41. The van der Waals surface area contributed by atoms with E-state index in [1.54, 1.807) is 24.3 Å². The summed E-state index contributed by atoms with van der Waals surface area (Å²) in [5.41, 5.74) is 6.22. The Morgan fingerprint density at radius 2 is 1.79 bits per heavy atom. The molecule has 1 aromatic heterocycles. The van der Waals surface area contributed by atoms with Crippen LogP contribution in [0.1, 0.15) is 35.4 Å². The lowest BCUT2D eigenvalue weighted by molar-refractivity contribution is -0.137. The van der Waals surface area contributed by atoms with Crippen molar-refractivity contribution in [2.75, 3.05) is 32.8 Å². The minimum Gasteiger partial charge on any atom is -0.494 e. The number of primary amides is 1. The van der Waals surface area contributed by atoms with Crippen LogP contribution in [0.5, 0.6) is 5.75 Å². The molecule has 3 aromatic rings. The molecule has 226 valence electrons. The summed E-state index contributed by atoms with van der Waals surface area (Å²) in [7, 11) is 0. The van der Waals surface area contributed by atoms with E-state index >= 15 is 0 Å². The first-order valence-corrected chi connectivity index (χ1v) is 14.5. The van der Waals surface area contributed by atoms with Crippen molar-refractivity contribution in [1.82, 2.24) is 10.2 Å². The smallest absolute Gasteiger partial charge is 0.390 e. The van der Waals surface area contributed by atoms with Gasteiger partial charge in [-0.25, -0.2) is 4.39 Å². The number of likely N-dealkylation sites (tertiary alicyclic amines) is 1. The van der Waals surface area contributed by atoms with Gasteiger partial charge in [-0.15, -0.1) is 11.3 Å². The van der Waals surface area contributed by atoms with Gasteiger partial charge in [-0.3, -0.25) is 9.59 Å². The second kappa shape index (κ2) is 13.4. The van der Waals surface area contributed by atoms with Crippen molar-refractivity contribution in [3.8, 4) is 27.3 Å². The Bertz CT molecular complexity index is 1410. The SMILES string of the molecule is NC(=O)C1(NCCC(F)(F)F)CCN(C(=O)c2cc(-c3ccc(OCCCO)cc3)c(-c3ccc(F)cc3Cl)s2)CC1. The number of ether oxygens (including phenoxy) is 1. The van der Waals surface area contributed by atoms with Crippen LogP contribution in [0.2, 0.25) is 5.02 Å². The summed E-state index contributed by atoms with van der Waals surface area (Å²) in [6, 6.07) is 12.9. The molecule has 13 heteroatoms. The number of thiophene rings is 1. The zero-order valence-electron chi connectivity index (χ0n) is 22.5. The molecule has 4 rings (SSSR count). The van der Waals surface area contributed by atoms with Crippen LogP contribution in [0.3, 0.4) is 0 Å². The number of carbonyl (C=O) groups excluding carboxylic acids is 2. The second-order valence-electron chi connectivity index (χ2n) is 9.96. The molecule has 7 nitrogen and oxygen atoms in total. The summed E-state index contributed by atoms with van der Waals surface area (Å²) in [6.07, 6.45) is -4.85. The monoisotopic (exact) mass is 627 g/mol. The van der Waals surface area contributed by atoms with Gasteiger partial charge in [-0.05, 0) is 54.8 Å². The first-order chi connectivity index (χ1) is 19.9. The number of nitrogens with one attached hydrogen (secondary N) is 1. The van der Waals surface area contributed by atoms with E-state index in [-0.39, 0.29) is 43.5 Å². The number of nitrogens with zero attached hydrogens (tertiary/aromatic N) is 1. The molecule has 0 atom stereocenters. The molecule has 0 saturated carbocycles. The molecule has 4 N–H and O–H groups in total. The summed E-state index contributed by atoms with van der Waals surface area (Å²) in [5.74, 6) is -0.969. The lowest BCUT2D eigenvalue weighted by Gasteiger charge is -2.40. The number of hydrogen-bond donors (Lipinski definition) is 3. The van der Waals surface area contributed by atoms with Crippen molar-refractivity contribution in [3.63, 3.8) is 0 Å². The zero-order chi connectivity index (χ0) is 30.5. The van der Waals surface area contributed by atoms with Crippen LogP contribution in [0.15, 0.2) is 48.5 Å². The largest absolute Gasteiger partial charge is 0.494 e. The van der Waals surface area contributed by atoms with E-state index in [4.69, 9.17) is 27.2 Å². The van der Waals surface area contributed by atoms with Crippen molar-refractivity contribution in [3.05, 3.63) is 64.2 Å². The van der Waals surface area contributed by atoms with Gasteiger partial charge in [0.25, 0.3) is 5.91 Å². The van der Waals surface area contributed by atoms with Crippen LogP contribution < -0.4 is 15.8 Å². The maximum atomic E-state index is 13.8. The topological polar surface area (TPSA) is 105 Å². The van der Waals surface area contributed by atoms with Crippen molar-refractivity contribution in [2.45, 2.75) is 37.4 Å². The molecular weight excluding hydrogens is 598 g/mol. The molecule has 0 spiro atoms. The Hall–Kier alpha value is -3.19. The van der Waals surface area contributed by atoms with Crippen molar-refractivity contribution in [1.29, 1.82) is 0 Å². The Labute approximate surface area is 249 Å². The molecule has 0 bridgehead atoms. The normalized spacial score (nSPS) is 15.0. The minimum absolute atomic E-state index is 0.0146. The average Bonchev–Trinajstić information content (AvgIpc) is 3.38. The molecule has 2 aromatic carbocycles. The number of benzene rings is 2. The fraction of sp³-hybridized carbons (Fsp3) is 0.379. The van der Waals surface area contributed by atoms with Crippen LogP contribution in [-0.2, 0) is 4.79 Å². The van der Waals surface area contributed by atoms with Gasteiger partial charge in [-0.1, -0.05) is 23.7 Å². The number of amides is 2. The number of nitrogens with two attached hydrogens (primary N) is 1. The lowest BCUT2D eigenvalue weighted by Crippen LogP contribution is -2.61. The number of hydrogen-bond acceptors (Lipinski definition) is 6. The molecule has 0 unspecified atom stereocenters. The molecule has 42 heavy (non-hydrogen) atoms. The second-order valence-corrected chi connectivity index (χ2v) is 11.4. The van der Waals surface area contributed by atoms with Gasteiger partial charge < -0.3 is 25.8 Å². The van der Waals surface area contributed by atoms with Gasteiger partial charge in [0.05, 0.1) is 22.9 Å². The number of alkyl halides is 3. The van der Waals surface area contributed by atoms with E-state index in [2.05, 4.69) is 5.32 Å². The third kappa shape index (κ3) is 7.60. The highest BCUT2D eigenvalue weighted by Crippen LogP contribution is 2.43. The van der Waals surface area contributed by atoms with E-state index in [9.17, 15) is 27.2 Å². The molecule has 0 radical (unpaired) electrons. The standard InChI is InChI=1S/C29H30ClF4N3O4S/c30-23-16-19(31)4-7-21(23)25-22(18-2-5-20(6-3-18)41-15-1-14-38)17-24(42-25)26(39)37-12-9-28(10-13-37,27(35)40)36-11-8-29(32,33)34/h2-7,16-17,36,38H,1,8-15H2,(H2,35,40). The molecule has 2 heterocycles. The molecule has 1 saturated heterocycles. The van der Waals surface area contributed by atoms with Gasteiger partial charge in [-0.2, -0.15) is 13.2 Å². The minimum atomic E-state index is -4.38. The molecule has 0 aliphatic carbocycles. The molecule has 1 aliphatic heterocycles. The molecule has 2 amide bonds. The highest BCUT2D eigenvalue weighted by molar-refractivity contribution is 7.18. The van der Waals surface area contributed by atoms with E-state index in [0.29, 0.717) is 39.7 Å². The van der Waals surface area contributed by atoms with Crippen molar-refractivity contribution < 1.29 is 37.0 Å². The average molecular weight is 628 g/mol. The first kappa shape index (κ1) is 31.7. The van der Waals surface area contributed by atoms with Gasteiger partial charge in [0, 0.05) is 48.7 Å². The first-order valence-electron chi connectivity index (χ1n) is 13.3. The van der Waals surface area contributed by atoms with E-state index in [0.717, 1.165) is 5.56 Å². The van der Waals surface area contributed by atoms with E-state index in [1.165, 1.54) is 28.4 Å². The van der Waals surface area contributed by atoms with E-state index in [1.807, 2.05) is 12.1 Å². The predicted molar refractivity (Wildman–Crippen MR) is 153 cm³/mol. The van der Waals surface area contributed by atoms with Crippen LogP contribution in [0.4, 0.5) is 17.6 Å². The van der Waals surface area contributed by atoms with E-state index < -0.39 is 36.4 Å². The Morgan fingerprint density at radius 1 is 1.10 bits per heavy atom. The van der Waals surface area contributed by atoms with Crippen LogP contribution in [0.25, 0.3) is 21.6 Å². The maximum Gasteiger partial charge on any atom is 0.390 e. The van der Waals surface area contributed by atoms with Crippen LogP contribution in [-0.4, -0.2) is 66.4 Å². The van der Waals surface area contributed by atoms with Crippen molar-refractivity contribution in [2.24, 2.45) is 5.73 Å². The summed E-state index contributed by atoms with van der Waals surface area (Å²) >= 11 is 7.58. The quantitative estimate of drug-likeness (QED) is 0.189. The highest BCUT2D eigenvalue weighted by atomic mass is 35.5. The number of rotatable bonds is 11. The van der Waals surface area contributed by atoms with Crippen molar-refractivity contribution >= 4 is 34.8 Å². The third-order valence-corrected chi connectivity index (χ3v) is 8.57. The third-order valence-electron chi connectivity index (χ3n) is 7.10.